The second-order valence-electron chi connectivity index (χ2n) is 11.6. The van der Waals surface area contributed by atoms with E-state index in [1.165, 1.54) is 35.5 Å². The lowest BCUT2D eigenvalue weighted by Gasteiger charge is -2.32. The van der Waals surface area contributed by atoms with Gasteiger partial charge in [-0.3, -0.25) is 0 Å². The van der Waals surface area contributed by atoms with E-state index in [0.717, 1.165) is 0 Å². The smallest absolute Gasteiger partial charge is 0.245 e. The van der Waals surface area contributed by atoms with E-state index in [2.05, 4.69) is 26.2 Å². The highest BCUT2D eigenvalue weighted by atomic mass is 19.1. The summed E-state index contributed by atoms with van der Waals surface area (Å²) in [5, 5.41) is 28.9. The minimum Gasteiger partial charge on any atom is -0.382 e. The first-order chi connectivity index (χ1) is 20.2. The van der Waals surface area contributed by atoms with Crippen LogP contribution in [0.1, 0.15) is 73.2 Å². The van der Waals surface area contributed by atoms with Gasteiger partial charge >= 0.3 is 0 Å². The Labute approximate surface area is 255 Å². The van der Waals surface area contributed by atoms with Gasteiger partial charge in [-0.2, -0.15) is 15.5 Å². The number of rotatable bonds is 4. The third kappa shape index (κ3) is 4.40. The zero-order valence-electron chi connectivity index (χ0n) is 25.0. The maximum absolute atomic E-state index is 15.5. The average Bonchev–Trinajstić information content (AvgIpc) is 3.70. The molecule has 2 fully saturated rings. The van der Waals surface area contributed by atoms with Gasteiger partial charge in [0.25, 0.3) is 0 Å². The minimum absolute atomic E-state index is 0. The van der Waals surface area contributed by atoms with Gasteiger partial charge in [-0.1, -0.05) is 35.1 Å². The maximum Gasteiger partial charge on any atom is 0.245 e. The van der Waals surface area contributed by atoms with Crippen LogP contribution in [0.5, 0.6) is 0 Å². The fraction of sp³-hybridized carbons (Fsp3) is 0.567. The van der Waals surface area contributed by atoms with Crippen molar-refractivity contribution in [3.63, 3.8) is 0 Å². The lowest BCUT2D eigenvalue weighted by molar-refractivity contribution is -0.253. The zero-order valence-corrected chi connectivity index (χ0v) is 25.0. The molecule has 0 saturated carbocycles. The van der Waals surface area contributed by atoms with Gasteiger partial charge in [0.15, 0.2) is 23.0 Å². The van der Waals surface area contributed by atoms with E-state index in [4.69, 9.17) is 20.9 Å². The topological polar surface area (TPSA) is 175 Å². The van der Waals surface area contributed by atoms with E-state index in [9.17, 15) is 10.4 Å². The largest absolute Gasteiger partial charge is 0.382 e. The van der Waals surface area contributed by atoms with Gasteiger partial charge in [0.1, 0.15) is 35.5 Å². The van der Waals surface area contributed by atoms with Gasteiger partial charge in [-0.25, -0.2) is 27.8 Å². The van der Waals surface area contributed by atoms with Crippen LogP contribution in [0.3, 0.4) is 0 Å². The highest BCUT2D eigenvalue weighted by Crippen LogP contribution is 2.53. The van der Waals surface area contributed by atoms with E-state index in [1.54, 1.807) is 38.1 Å². The Morgan fingerprint density at radius 2 is 1.32 bits per heavy atom. The average molecular weight is 614 g/mol. The number of nitriles is 1. The number of nitrogen functional groups attached to an aromatic ring is 2. The first-order valence-electron chi connectivity index (χ1n) is 14.3. The SMILES string of the molecule is C.CC[C@H]1OC(C#N)(c2ccc3c(N)ncnn23)[C@](C)(F)[C@@H]1C.CC[C@H]1OC(O)(c2ccc3c(N)ncnn23)[C@](C)(F)[C@@H]1C. The van der Waals surface area contributed by atoms with Crippen LogP contribution in [-0.2, 0) is 20.9 Å². The van der Waals surface area contributed by atoms with Crippen molar-refractivity contribution in [1.82, 2.24) is 29.2 Å². The standard InChI is InChI=1S/C15H18FN5O.C14H19FN4O2.CH4/c1-4-11-9(2)14(3,16)15(7-17,22-11)12-6-5-10-13(18)19-8-20-21(10)12;1-4-10-8(2)13(3,15)14(20,21-10)11-6-5-9-12(16)17-7-18-19(9)11;/h5-6,8-9,11H,4H2,1-3H3,(H2,18,19,20);5-8,10,20H,4H2,1-3H3,(H2,16,17,18);1H4/t9-,11-,14-,15?;8-,10-,13-,14?;/m11./s1. The number of halogens is 2. The monoisotopic (exact) mass is 613 g/mol. The summed E-state index contributed by atoms with van der Waals surface area (Å²) in [4.78, 5) is 7.79. The summed E-state index contributed by atoms with van der Waals surface area (Å²) in [5.41, 5.74) is 7.66. The normalized spacial score (nSPS) is 34.8. The molecule has 8 atom stereocenters. The number of fused-ring (bicyclic) bond motifs is 2. The first-order valence-corrected chi connectivity index (χ1v) is 14.3. The van der Waals surface area contributed by atoms with Crippen molar-refractivity contribution in [3.8, 4) is 6.07 Å². The predicted octanol–water partition coefficient (Wildman–Crippen LogP) is 4.47. The fourth-order valence-electron chi connectivity index (χ4n) is 6.33. The number of hydrogen-bond acceptors (Lipinski definition) is 10. The van der Waals surface area contributed by atoms with Crippen molar-refractivity contribution < 1.29 is 23.4 Å². The van der Waals surface area contributed by atoms with Gasteiger partial charge < -0.3 is 26.0 Å². The summed E-state index contributed by atoms with van der Waals surface area (Å²) in [6.45, 7) is 10.1. The van der Waals surface area contributed by atoms with E-state index in [1.807, 2.05) is 13.8 Å². The van der Waals surface area contributed by atoms with Crippen LogP contribution in [0.2, 0.25) is 0 Å². The number of alkyl halides is 2. The van der Waals surface area contributed by atoms with Crippen molar-refractivity contribution >= 4 is 22.7 Å². The van der Waals surface area contributed by atoms with Crippen LogP contribution in [0.4, 0.5) is 20.4 Å². The number of ether oxygens (including phenoxy) is 2. The predicted molar refractivity (Wildman–Crippen MR) is 160 cm³/mol. The first kappa shape index (κ1) is 33.0. The lowest BCUT2D eigenvalue weighted by Crippen LogP contribution is -2.46. The quantitative estimate of drug-likeness (QED) is 0.298. The molecule has 2 unspecified atom stereocenters. The number of aromatic nitrogens is 6. The Hall–Kier alpha value is -3.93. The second-order valence-corrected chi connectivity index (χ2v) is 11.6. The summed E-state index contributed by atoms with van der Waals surface area (Å²) in [5.74, 6) is -2.40. The summed E-state index contributed by atoms with van der Waals surface area (Å²) >= 11 is 0. The van der Waals surface area contributed by atoms with Crippen molar-refractivity contribution in [2.24, 2.45) is 11.8 Å². The molecule has 0 aromatic carbocycles. The molecule has 4 aromatic rings. The van der Waals surface area contributed by atoms with Gasteiger partial charge in [-0.05, 0) is 51.0 Å². The highest BCUT2D eigenvalue weighted by Gasteiger charge is 2.65. The van der Waals surface area contributed by atoms with Gasteiger partial charge in [0, 0.05) is 11.8 Å². The molecule has 0 amide bonds. The molecular formula is C30H41F2N9O3. The molecular weight excluding hydrogens is 572 g/mol. The summed E-state index contributed by atoms with van der Waals surface area (Å²) in [6, 6.07) is 8.58. The van der Waals surface area contributed by atoms with Gasteiger partial charge in [0.2, 0.25) is 11.4 Å². The maximum atomic E-state index is 15.5. The Morgan fingerprint density at radius 1 is 0.864 bits per heavy atom. The molecule has 12 nitrogen and oxygen atoms in total. The summed E-state index contributed by atoms with van der Waals surface area (Å²) in [6.07, 6.45) is 3.09. The molecule has 238 valence electrons. The van der Waals surface area contributed by atoms with Crippen LogP contribution in [0.25, 0.3) is 11.0 Å². The van der Waals surface area contributed by atoms with Crippen LogP contribution in [-0.4, -0.2) is 57.8 Å². The van der Waals surface area contributed by atoms with Gasteiger partial charge in [0.05, 0.1) is 17.9 Å². The molecule has 2 aliphatic rings. The Bertz CT molecular complexity index is 1700. The number of hydrogen-bond donors (Lipinski definition) is 3. The number of aliphatic hydroxyl groups is 1. The Morgan fingerprint density at radius 3 is 1.77 bits per heavy atom. The van der Waals surface area contributed by atoms with Crippen LogP contribution in [0, 0.1) is 23.2 Å². The lowest BCUT2D eigenvalue weighted by atomic mass is 9.77. The van der Waals surface area contributed by atoms with Crippen molar-refractivity contribution in [1.29, 1.82) is 5.26 Å². The third-order valence-corrected chi connectivity index (χ3v) is 9.46. The molecule has 2 saturated heterocycles. The van der Waals surface area contributed by atoms with E-state index in [-0.39, 0.29) is 37.0 Å². The van der Waals surface area contributed by atoms with Crippen molar-refractivity contribution in [2.75, 3.05) is 11.5 Å². The molecule has 6 rings (SSSR count). The molecule has 0 bridgehead atoms. The Balaban J connectivity index is 0.000000197. The summed E-state index contributed by atoms with van der Waals surface area (Å²) in [7, 11) is 0. The highest BCUT2D eigenvalue weighted by molar-refractivity contribution is 5.66. The number of anilines is 2. The Kier molecular flexibility index (Phi) is 8.40. The van der Waals surface area contributed by atoms with Crippen molar-refractivity contribution in [3.05, 3.63) is 48.3 Å². The van der Waals surface area contributed by atoms with E-state index >= 15 is 8.78 Å². The van der Waals surface area contributed by atoms with Crippen LogP contribution >= 0.6 is 0 Å². The van der Waals surface area contributed by atoms with Crippen LogP contribution < -0.4 is 11.5 Å². The molecule has 5 N–H and O–H groups in total. The molecule has 0 radical (unpaired) electrons. The molecule has 14 heteroatoms. The van der Waals surface area contributed by atoms with E-state index < -0.39 is 34.6 Å². The van der Waals surface area contributed by atoms with E-state index in [0.29, 0.717) is 29.6 Å². The second kappa shape index (κ2) is 11.2. The van der Waals surface area contributed by atoms with Crippen LogP contribution in [0.15, 0.2) is 36.9 Å². The number of nitrogens with two attached hydrogens (primary N) is 2. The number of nitrogens with zero attached hydrogens (tertiary/aromatic N) is 7. The zero-order chi connectivity index (χ0) is 31.5. The van der Waals surface area contributed by atoms with Crippen molar-refractivity contribution in [2.45, 2.75) is 96.7 Å². The molecule has 44 heavy (non-hydrogen) atoms. The van der Waals surface area contributed by atoms with Gasteiger partial charge in [-0.15, -0.1) is 0 Å². The molecule has 2 aliphatic heterocycles. The summed E-state index contributed by atoms with van der Waals surface area (Å²) < 4.78 is 45.1. The molecule has 0 aliphatic carbocycles. The molecule has 6 heterocycles. The third-order valence-electron chi connectivity index (χ3n) is 9.46. The minimum atomic E-state index is -2.07. The molecule has 0 spiro atoms. The molecule has 4 aromatic heterocycles. The fourth-order valence-corrected chi connectivity index (χ4v) is 6.33.